The predicted molar refractivity (Wildman–Crippen MR) is 80.2 cm³/mol. The van der Waals surface area contributed by atoms with Gasteiger partial charge in [-0.25, -0.2) is 0 Å². The van der Waals surface area contributed by atoms with Gasteiger partial charge in [0.05, 0.1) is 6.54 Å². The third-order valence-electron chi connectivity index (χ3n) is 4.59. The minimum Gasteiger partial charge on any atom is -0.480 e. The molecule has 0 saturated carbocycles. The highest BCUT2D eigenvalue weighted by atomic mass is 16.4. The molecule has 2 aliphatic rings. The number of carboxylic acids is 1. The lowest BCUT2D eigenvalue weighted by atomic mass is 10.1. The molecule has 2 fully saturated rings. The van der Waals surface area contributed by atoms with Crippen molar-refractivity contribution in [2.75, 3.05) is 45.8 Å². The Balaban J connectivity index is 1.75. The van der Waals surface area contributed by atoms with Crippen molar-refractivity contribution >= 4 is 11.9 Å². The molecular weight excluding hydrogens is 270 g/mol. The van der Waals surface area contributed by atoms with Gasteiger partial charge in [0.1, 0.15) is 6.04 Å². The van der Waals surface area contributed by atoms with E-state index in [0.29, 0.717) is 13.0 Å². The van der Waals surface area contributed by atoms with Crippen molar-refractivity contribution in [3.05, 3.63) is 0 Å². The van der Waals surface area contributed by atoms with Gasteiger partial charge in [-0.05, 0) is 25.7 Å². The van der Waals surface area contributed by atoms with E-state index in [0.717, 1.165) is 52.1 Å². The van der Waals surface area contributed by atoms with Crippen LogP contribution in [-0.2, 0) is 9.59 Å². The van der Waals surface area contributed by atoms with Crippen LogP contribution >= 0.6 is 0 Å². The van der Waals surface area contributed by atoms with Crippen molar-refractivity contribution in [2.45, 2.75) is 38.6 Å². The van der Waals surface area contributed by atoms with Crippen LogP contribution in [0.3, 0.4) is 0 Å². The largest absolute Gasteiger partial charge is 0.480 e. The summed E-state index contributed by atoms with van der Waals surface area (Å²) in [6.07, 6.45) is 4.10. The predicted octanol–water partition coefficient (Wildman–Crippen LogP) is 0.480. The Morgan fingerprint density at radius 3 is 2.14 bits per heavy atom. The van der Waals surface area contributed by atoms with Gasteiger partial charge in [0.15, 0.2) is 0 Å². The summed E-state index contributed by atoms with van der Waals surface area (Å²) in [5, 5.41) is 9.19. The molecule has 1 amide bonds. The summed E-state index contributed by atoms with van der Waals surface area (Å²) in [6, 6.07) is -0.384. The van der Waals surface area contributed by atoms with Crippen molar-refractivity contribution < 1.29 is 14.7 Å². The van der Waals surface area contributed by atoms with Crippen molar-refractivity contribution in [1.29, 1.82) is 0 Å². The van der Waals surface area contributed by atoms with Crippen LogP contribution in [0.25, 0.3) is 0 Å². The third-order valence-corrected chi connectivity index (χ3v) is 4.59. The second-order valence-corrected chi connectivity index (χ2v) is 6.02. The van der Waals surface area contributed by atoms with E-state index in [1.807, 2.05) is 16.7 Å². The van der Waals surface area contributed by atoms with Crippen molar-refractivity contribution in [1.82, 2.24) is 14.7 Å². The highest BCUT2D eigenvalue weighted by molar-refractivity contribution is 5.78. The van der Waals surface area contributed by atoms with E-state index in [1.165, 1.54) is 6.42 Å². The first-order valence-electron chi connectivity index (χ1n) is 8.08. The zero-order valence-electron chi connectivity index (χ0n) is 13.0. The molecule has 0 aromatic rings. The van der Waals surface area contributed by atoms with Gasteiger partial charge in [-0.15, -0.1) is 0 Å². The molecule has 2 rings (SSSR count). The Morgan fingerprint density at radius 1 is 1.00 bits per heavy atom. The van der Waals surface area contributed by atoms with Gasteiger partial charge in [-0.1, -0.05) is 6.92 Å². The summed E-state index contributed by atoms with van der Waals surface area (Å²) >= 11 is 0. The molecule has 0 aromatic carbocycles. The molecule has 0 radical (unpaired) electrons. The first kappa shape index (κ1) is 16.2. The van der Waals surface area contributed by atoms with E-state index in [-0.39, 0.29) is 11.9 Å². The molecule has 1 N–H and O–H groups in total. The molecule has 120 valence electrons. The number of carboxylic acid groups (broad SMARTS) is 1. The van der Waals surface area contributed by atoms with Crippen molar-refractivity contribution in [2.24, 2.45) is 0 Å². The van der Waals surface area contributed by atoms with E-state index in [2.05, 4.69) is 4.90 Å². The van der Waals surface area contributed by atoms with Crippen LogP contribution in [-0.4, -0.2) is 83.5 Å². The summed E-state index contributed by atoms with van der Waals surface area (Å²) in [4.78, 5) is 29.5. The Kier molecular flexibility index (Phi) is 5.99. The molecular formula is C15H27N3O3. The summed E-state index contributed by atoms with van der Waals surface area (Å²) in [5.74, 6) is -0.510. The minimum absolute atomic E-state index is 0.230. The molecule has 6 heteroatoms. The Hall–Kier alpha value is -1.14. The molecule has 2 aliphatic heterocycles. The molecule has 2 heterocycles. The number of rotatable bonds is 5. The zero-order valence-corrected chi connectivity index (χ0v) is 13.0. The number of likely N-dealkylation sites (tertiary alicyclic amines) is 1. The zero-order chi connectivity index (χ0) is 15.2. The van der Waals surface area contributed by atoms with Crippen LogP contribution in [0.4, 0.5) is 0 Å². The SMILES string of the molecule is CCC(C(=O)O)N1CCN(CC(=O)N2CCCCC2)CC1. The van der Waals surface area contributed by atoms with Crippen LogP contribution in [0.5, 0.6) is 0 Å². The van der Waals surface area contributed by atoms with Gasteiger partial charge in [-0.3, -0.25) is 19.4 Å². The number of aliphatic carboxylic acids is 1. The van der Waals surface area contributed by atoms with Crippen LogP contribution in [0, 0.1) is 0 Å². The number of nitrogens with zero attached hydrogens (tertiary/aromatic N) is 3. The summed E-state index contributed by atoms with van der Waals surface area (Å²) in [6.45, 7) is 7.22. The van der Waals surface area contributed by atoms with E-state index >= 15 is 0 Å². The normalized spacial score (nSPS) is 23.0. The smallest absolute Gasteiger partial charge is 0.320 e. The van der Waals surface area contributed by atoms with Crippen LogP contribution in [0.2, 0.25) is 0 Å². The monoisotopic (exact) mass is 297 g/mol. The molecule has 2 saturated heterocycles. The quantitative estimate of drug-likeness (QED) is 0.799. The van der Waals surface area contributed by atoms with Gasteiger partial charge in [0.25, 0.3) is 0 Å². The topological polar surface area (TPSA) is 64.1 Å². The molecule has 0 bridgehead atoms. The maximum absolute atomic E-state index is 12.2. The van der Waals surface area contributed by atoms with E-state index in [1.54, 1.807) is 0 Å². The summed E-state index contributed by atoms with van der Waals surface area (Å²) in [5.41, 5.74) is 0. The van der Waals surface area contributed by atoms with Crippen LogP contribution < -0.4 is 0 Å². The van der Waals surface area contributed by atoms with Crippen molar-refractivity contribution in [3.63, 3.8) is 0 Å². The average molecular weight is 297 g/mol. The fourth-order valence-electron chi connectivity index (χ4n) is 3.26. The number of carbonyl (C=O) groups is 2. The molecule has 1 unspecified atom stereocenters. The van der Waals surface area contributed by atoms with Gasteiger partial charge in [-0.2, -0.15) is 0 Å². The fourth-order valence-corrected chi connectivity index (χ4v) is 3.26. The van der Waals surface area contributed by atoms with Gasteiger partial charge < -0.3 is 10.0 Å². The summed E-state index contributed by atoms with van der Waals surface area (Å²) < 4.78 is 0. The standard InChI is InChI=1S/C15H27N3O3/c1-2-13(15(20)21)17-10-8-16(9-11-17)12-14(19)18-6-4-3-5-7-18/h13H,2-12H2,1H3,(H,20,21). The van der Waals surface area contributed by atoms with Crippen LogP contribution in [0.1, 0.15) is 32.6 Å². The second kappa shape index (κ2) is 7.75. The number of hydrogen-bond donors (Lipinski definition) is 1. The molecule has 1 atom stereocenters. The molecule has 0 aliphatic carbocycles. The Labute approximate surface area is 126 Å². The maximum Gasteiger partial charge on any atom is 0.320 e. The van der Waals surface area contributed by atoms with Crippen LogP contribution in [0.15, 0.2) is 0 Å². The first-order valence-corrected chi connectivity index (χ1v) is 8.08. The molecule has 21 heavy (non-hydrogen) atoms. The Bertz CT molecular complexity index is 361. The molecule has 6 nitrogen and oxygen atoms in total. The minimum atomic E-state index is -0.740. The summed E-state index contributed by atoms with van der Waals surface area (Å²) in [7, 11) is 0. The lowest BCUT2D eigenvalue weighted by Crippen LogP contribution is -2.54. The first-order chi connectivity index (χ1) is 10.1. The number of piperidine rings is 1. The highest BCUT2D eigenvalue weighted by Crippen LogP contribution is 2.12. The number of piperazine rings is 1. The number of hydrogen-bond acceptors (Lipinski definition) is 4. The van der Waals surface area contributed by atoms with Gasteiger partial charge >= 0.3 is 5.97 Å². The maximum atomic E-state index is 12.2. The van der Waals surface area contributed by atoms with E-state index in [4.69, 9.17) is 0 Å². The number of carbonyl (C=O) groups excluding carboxylic acids is 1. The second-order valence-electron chi connectivity index (χ2n) is 6.02. The Morgan fingerprint density at radius 2 is 1.62 bits per heavy atom. The lowest BCUT2D eigenvalue weighted by molar-refractivity contribution is -0.145. The molecule has 0 aromatic heterocycles. The highest BCUT2D eigenvalue weighted by Gasteiger charge is 2.28. The number of amides is 1. The fraction of sp³-hybridized carbons (Fsp3) is 0.867. The third kappa shape index (κ3) is 4.41. The average Bonchev–Trinajstić information content (AvgIpc) is 2.50. The van der Waals surface area contributed by atoms with Gasteiger partial charge in [0, 0.05) is 39.3 Å². The van der Waals surface area contributed by atoms with Gasteiger partial charge in [0.2, 0.25) is 5.91 Å². The lowest BCUT2D eigenvalue weighted by Gasteiger charge is -2.38. The van der Waals surface area contributed by atoms with E-state index in [9.17, 15) is 14.7 Å². The van der Waals surface area contributed by atoms with Crippen molar-refractivity contribution in [3.8, 4) is 0 Å². The van der Waals surface area contributed by atoms with E-state index < -0.39 is 5.97 Å². The molecule has 0 spiro atoms.